The first kappa shape index (κ1) is 28.4. The van der Waals surface area contributed by atoms with E-state index in [2.05, 4.69) is 39.0 Å². The molecule has 1 unspecified atom stereocenters. The van der Waals surface area contributed by atoms with Crippen molar-refractivity contribution in [3.63, 3.8) is 0 Å². The van der Waals surface area contributed by atoms with Crippen LogP contribution in [0.1, 0.15) is 67.7 Å². The molecule has 0 amide bonds. The number of nitrogens with zero attached hydrogens (tertiary/aromatic N) is 3. The zero-order chi connectivity index (χ0) is 27.2. The van der Waals surface area contributed by atoms with E-state index >= 15 is 0 Å². The summed E-state index contributed by atoms with van der Waals surface area (Å²) in [6.07, 6.45) is -0.0242. The summed E-state index contributed by atoms with van der Waals surface area (Å²) in [5, 5.41) is 16.6. The molecule has 1 atom stereocenters. The number of aliphatic hydroxyl groups is 1. The number of hydrogen-bond acceptors (Lipinski definition) is 5. The lowest BCUT2D eigenvalue weighted by atomic mass is 9.95. The molecule has 1 N–H and O–H groups in total. The Bertz CT molecular complexity index is 1280. The summed E-state index contributed by atoms with van der Waals surface area (Å²) in [6, 6.07) is 3.80. The average molecular weight is 534 g/mol. The van der Waals surface area contributed by atoms with Crippen LogP contribution in [-0.2, 0) is 22.8 Å². The number of methoxy groups -OCH3 is 1. The maximum Gasteiger partial charge on any atom is 0.354 e. The summed E-state index contributed by atoms with van der Waals surface area (Å²) >= 11 is 6.80. The van der Waals surface area contributed by atoms with Gasteiger partial charge < -0.3 is 18.8 Å². The van der Waals surface area contributed by atoms with Gasteiger partial charge in [-0.15, -0.1) is 0 Å². The second kappa shape index (κ2) is 10.3. The third-order valence-corrected chi connectivity index (χ3v) is 12.5. The fraction of sp³-hybridized carbons (Fsp3) is 0.556. The SMILES string of the molecule is COC(=O)c1c(C)c2c(-c3c(C(C)O)nn(C)c3C)c(Cl)ccc2n1CCCO[Si](C)(C)C(C)(C)C. The molecule has 198 valence electrons. The van der Waals surface area contributed by atoms with Crippen LogP contribution in [0.3, 0.4) is 0 Å². The third kappa shape index (κ3) is 5.01. The third-order valence-electron chi connectivity index (χ3n) is 7.60. The van der Waals surface area contributed by atoms with Crippen LogP contribution >= 0.6 is 11.6 Å². The van der Waals surface area contributed by atoms with E-state index in [9.17, 15) is 9.90 Å². The van der Waals surface area contributed by atoms with Crippen LogP contribution in [0.25, 0.3) is 22.0 Å². The number of benzene rings is 1. The standard InChI is InChI=1S/C27H40ClN3O4Si/c1-16-21-20(13-12-19(28)23(21)22-17(2)30(7)29-24(22)18(3)32)31(25(16)26(33)34-8)14-11-15-35-36(9,10)27(4,5)6/h12-13,18,32H,11,14-15H2,1-10H3. The maximum absolute atomic E-state index is 13.0. The van der Waals surface area contributed by atoms with E-state index in [1.54, 1.807) is 11.6 Å². The Morgan fingerprint density at radius 1 is 1.22 bits per heavy atom. The van der Waals surface area contributed by atoms with Gasteiger partial charge in [-0.3, -0.25) is 4.68 Å². The normalized spacial score (nSPS) is 13.4. The molecule has 2 aromatic heterocycles. The fourth-order valence-electron chi connectivity index (χ4n) is 4.45. The second-order valence-corrected chi connectivity index (χ2v) is 16.3. The Kier molecular flexibility index (Phi) is 8.15. The highest BCUT2D eigenvalue weighted by Gasteiger charge is 2.37. The Morgan fingerprint density at radius 3 is 2.42 bits per heavy atom. The average Bonchev–Trinajstić information content (AvgIpc) is 3.23. The zero-order valence-electron chi connectivity index (χ0n) is 23.2. The van der Waals surface area contributed by atoms with Gasteiger partial charge in [0.2, 0.25) is 0 Å². The number of esters is 1. The van der Waals surface area contributed by atoms with Gasteiger partial charge in [-0.25, -0.2) is 4.79 Å². The van der Waals surface area contributed by atoms with Gasteiger partial charge in [0.05, 0.1) is 18.9 Å². The topological polar surface area (TPSA) is 78.5 Å². The van der Waals surface area contributed by atoms with Crippen molar-refractivity contribution in [2.75, 3.05) is 13.7 Å². The minimum atomic E-state index is -1.87. The van der Waals surface area contributed by atoms with Crippen molar-refractivity contribution in [1.82, 2.24) is 14.3 Å². The molecule has 0 aliphatic rings. The first-order valence-corrected chi connectivity index (χ1v) is 15.7. The molecule has 0 fully saturated rings. The van der Waals surface area contributed by atoms with Crippen LogP contribution in [0.4, 0.5) is 0 Å². The molecule has 0 radical (unpaired) electrons. The van der Waals surface area contributed by atoms with Gasteiger partial charge >= 0.3 is 5.97 Å². The van der Waals surface area contributed by atoms with E-state index in [4.69, 9.17) is 20.8 Å². The predicted molar refractivity (Wildman–Crippen MR) is 148 cm³/mol. The van der Waals surface area contributed by atoms with Gasteiger partial charge in [0, 0.05) is 52.9 Å². The summed E-state index contributed by atoms with van der Waals surface area (Å²) in [5.41, 5.74) is 5.19. The molecule has 3 rings (SSSR count). The number of ether oxygens (including phenoxy) is 1. The number of aryl methyl sites for hydroxylation is 3. The van der Waals surface area contributed by atoms with Crippen molar-refractivity contribution in [2.45, 2.75) is 78.7 Å². The molecule has 0 saturated heterocycles. The van der Waals surface area contributed by atoms with E-state index in [1.165, 1.54) is 7.11 Å². The van der Waals surface area contributed by atoms with E-state index in [0.717, 1.165) is 39.7 Å². The second-order valence-electron chi connectivity index (χ2n) is 11.0. The molecule has 0 spiro atoms. The smallest absolute Gasteiger partial charge is 0.354 e. The lowest BCUT2D eigenvalue weighted by molar-refractivity contribution is 0.0587. The Labute approximate surface area is 220 Å². The highest BCUT2D eigenvalue weighted by molar-refractivity contribution is 6.74. The molecule has 0 bridgehead atoms. The summed E-state index contributed by atoms with van der Waals surface area (Å²) in [4.78, 5) is 13.0. The quantitative estimate of drug-likeness (QED) is 0.201. The van der Waals surface area contributed by atoms with E-state index in [1.807, 2.05) is 37.6 Å². The number of aliphatic hydroxyl groups excluding tert-OH is 1. The number of carbonyl (C=O) groups excluding carboxylic acids is 1. The maximum atomic E-state index is 13.0. The van der Waals surface area contributed by atoms with Crippen molar-refractivity contribution in [1.29, 1.82) is 0 Å². The van der Waals surface area contributed by atoms with Crippen LogP contribution in [0.2, 0.25) is 23.2 Å². The van der Waals surface area contributed by atoms with Crippen molar-refractivity contribution in [2.24, 2.45) is 7.05 Å². The van der Waals surface area contributed by atoms with Crippen molar-refractivity contribution in [3.05, 3.63) is 39.8 Å². The summed E-state index contributed by atoms with van der Waals surface area (Å²) < 4.78 is 15.3. The van der Waals surface area contributed by atoms with Gasteiger partial charge in [-0.2, -0.15) is 5.10 Å². The molecule has 2 heterocycles. The van der Waals surface area contributed by atoms with E-state index < -0.39 is 20.4 Å². The summed E-state index contributed by atoms with van der Waals surface area (Å²) in [5.74, 6) is -0.394. The van der Waals surface area contributed by atoms with Crippen LogP contribution in [0.15, 0.2) is 12.1 Å². The van der Waals surface area contributed by atoms with E-state index in [0.29, 0.717) is 29.6 Å². The number of halogens is 1. The molecule has 0 aliphatic carbocycles. The molecule has 36 heavy (non-hydrogen) atoms. The lowest BCUT2D eigenvalue weighted by Gasteiger charge is -2.36. The van der Waals surface area contributed by atoms with Gasteiger partial charge in [0.15, 0.2) is 8.32 Å². The van der Waals surface area contributed by atoms with Crippen molar-refractivity contribution in [3.8, 4) is 11.1 Å². The highest BCUT2D eigenvalue weighted by Crippen LogP contribution is 2.43. The fourth-order valence-corrected chi connectivity index (χ4v) is 5.79. The molecule has 0 saturated carbocycles. The Balaban J connectivity index is 2.16. The minimum absolute atomic E-state index is 0.135. The first-order valence-electron chi connectivity index (χ1n) is 12.4. The summed E-state index contributed by atoms with van der Waals surface area (Å²) in [6.45, 7) is 17.9. The molecular formula is C27H40ClN3O4Si. The molecule has 3 aromatic rings. The molecular weight excluding hydrogens is 494 g/mol. The largest absolute Gasteiger partial charge is 0.464 e. The number of fused-ring (bicyclic) bond motifs is 1. The van der Waals surface area contributed by atoms with Crippen LogP contribution in [0, 0.1) is 13.8 Å². The Morgan fingerprint density at radius 2 is 1.86 bits per heavy atom. The van der Waals surface area contributed by atoms with Crippen LogP contribution in [0.5, 0.6) is 0 Å². The minimum Gasteiger partial charge on any atom is -0.464 e. The Hall–Kier alpha value is -2.13. The number of rotatable bonds is 8. The summed E-state index contributed by atoms with van der Waals surface area (Å²) in [7, 11) is 1.38. The van der Waals surface area contributed by atoms with Crippen molar-refractivity contribution >= 4 is 36.8 Å². The zero-order valence-corrected chi connectivity index (χ0v) is 25.0. The lowest BCUT2D eigenvalue weighted by Crippen LogP contribution is -2.41. The van der Waals surface area contributed by atoms with Gasteiger partial charge in [0.1, 0.15) is 5.69 Å². The molecule has 1 aromatic carbocycles. The van der Waals surface area contributed by atoms with E-state index in [-0.39, 0.29) is 5.04 Å². The van der Waals surface area contributed by atoms with Crippen LogP contribution in [-0.4, -0.2) is 47.5 Å². The predicted octanol–water partition coefficient (Wildman–Crippen LogP) is 6.56. The monoisotopic (exact) mass is 533 g/mol. The molecule has 9 heteroatoms. The van der Waals surface area contributed by atoms with Gasteiger partial charge in [0.25, 0.3) is 0 Å². The number of carbonyl (C=O) groups is 1. The first-order chi connectivity index (χ1) is 16.6. The molecule has 0 aliphatic heterocycles. The molecule has 7 nitrogen and oxygen atoms in total. The van der Waals surface area contributed by atoms with Gasteiger partial charge in [-0.05, 0) is 63.0 Å². The van der Waals surface area contributed by atoms with Crippen LogP contribution < -0.4 is 0 Å². The highest BCUT2D eigenvalue weighted by atomic mass is 35.5. The van der Waals surface area contributed by atoms with Crippen molar-refractivity contribution < 1.29 is 19.1 Å². The number of aromatic nitrogens is 3. The van der Waals surface area contributed by atoms with Gasteiger partial charge in [-0.1, -0.05) is 32.4 Å². The number of hydrogen-bond donors (Lipinski definition) is 1.